The normalized spacial score (nSPS) is 13.5. The van der Waals surface area contributed by atoms with Crippen LogP contribution in [0.4, 0.5) is 0 Å². The van der Waals surface area contributed by atoms with E-state index >= 15 is 0 Å². The first-order valence-corrected chi connectivity index (χ1v) is 39.8. The first-order chi connectivity index (χ1) is 44.0. The number of esters is 2. The molecule has 524 valence electrons. The molecular formula is C80H146NO8P. The fraction of sp³-hybridized carbons (Fsp3) is 0.800. The highest BCUT2D eigenvalue weighted by Crippen LogP contribution is 2.38. The predicted octanol–water partition coefficient (Wildman–Crippen LogP) is 24.6. The average molecular weight is 1280 g/mol. The van der Waals surface area contributed by atoms with Gasteiger partial charge >= 0.3 is 11.9 Å². The third-order valence-corrected chi connectivity index (χ3v) is 17.9. The maximum absolute atomic E-state index is 12.9. The largest absolute Gasteiger partial charge is 0.756 e. The summed E-state index contributed by atoms with van der Waals surface area (Å²) in [4.78, 5) is 38.1. The van der Waals surface area contributed by atoms with Crippen LogP contribution < -0.4 is 4.89 Å². The lowest BCUT2D eigenvalue weighted by atomic mass is 10.0. The van der Waals surface area contributed by atoms with Crippen LogP contribution >= 0.6 is 7.82 Å². The van der Waals surface area contributed by atoms with Crippen LogP contribution in [0.1, 0.15) is 361 Å². The highest BCUT2D eigenvalue weighted by Gasteiger charge is 2.22. The molecule has 0 fully saturated rings. The Labute approximate surface area is 558 Å². The Morgan fingerprint density at radius 3 is 0.944 bits per heavy atom. The van der Waals surface area contributed by atoms with E-state index in [0.29, 0.717) is 17.4 Å². The number of nitrogens with zero attached hydrogens (tertiary/aromatic N) is 1. The second kappa shape index (κ2) is 70.5. The monoisotopic (exact) mass is 1280 g/mol. The summed E-state index contributed by atoms with van der Waals surface area (Å²) >= 11 is 0. The van der Waals surface area contributed by atoms with Gasteiger partial charge in [0.2, 0.25) is 0 Å². The minimum Gasteiger partial charge on any atom is -0.756 e. The molecule has 0 N–H and O–H groups in total. The summed E-state index contributed by atoms with van der Waals surface area (Å²) < 4.78 is 34.4. The molecule has 0 saturated carbocycles. The third-order valence-electron chi connectivity index (χ3n) is 16.9. The zero-order chi connectivity index (χ0) is 65.5. The van der Waals surface area contributed by atoms with Gasteiger partial charge in [-0.05, 0) is 89.9 Å². The number of hydrogen-bond acceptors (Lipinski definition) is 8. The Balaban J connectivity index is 3.93. The van der Waals surface area contributed by atoms with Crippen molar-refractivity contribution < 1.29 is 42.1 Å². The number of phosphoric ester groups is 1. The lowest BCUT2D eigenvalue weighted by molar-refractivity contribution is -0.870. The summed E-state index contributed by atoms with van der Waals surface area (Å²) in [6, 6.07) is 0. The van der Waals surface area contributed by atoms with Crippen molar-refractivity contribution in [3.05, 3.63) is 85.1 Å². The number of carbonyl (C=O) groups excluding carboxylic acids is 2. The van der Waals surface area contributed by atoms with Gasteiger partial charge in [0, 0.05) is 12.8 Å². The maximum atomic E-state index is 12.9. The number of allylic oxidation sites excluding steroid dienone is 14. The van der Waals surface area contributed by atoms with Gasteiger partial charge in [0.25, 0.3) is 7.82 Å². The SMILES string of the molecule is CC/C=C\C/C=C\C/C=C\C/C=C\CCCCCCCCCCCCCCCCC(=O)OC(COC(=O)CCCCCCCCCCCCCCCCCCCCCCCCCC/C=C\C/C=C\C/C=C\CCCCCCC)COP(=O)([O-])OCC[N+](C)(C)C. The topological polar surface area (TPSA) is 111 Å². The number of phosphoric acid groups is 1. The average Bonchev–Trinajstić information content (AvgIpc) is 3.61. The minimum atomic E-state index is -4.65. The van der Waals surface area contributed by atoms with Crippen LogP contribution in [0.15, 0.2) is 85.1 Å². The standard InChI is InChI=1S/C80H146NO8P/c1-6-8-10-12-14-16-18-20-22-24-26-28-30-32-34-35-36-37-38-39-40-41-42-43-44-45-47-48-50-52-54-56-58-60-62-64-66-68-70-72-79(82)86-76-78(77-88-90(84,85)87-75-74-81(3,4)5)89-80(83)73-71-69-67-65-63-61-59-57-55-53-51-49-46-33-31-29-27-25-23-21-19-17-15-13-11-9-7-2/h9,11,15,17-18,20-21,23-24,26-27,29-30,32,78H,6-8,10,12-14,16,19,22,25,28,31,33-77H2,1-5H3/b11-9-,17-15-,20-18-,23-21-,26-24-,29-27-,32-30-. The Bertz CT molecular complexity index is 1800. The zero-order valence-electron chi connectivity index (χ0n) is 59.8. The maximum Gasteiger partial charge on any atom is 0.306 e. The van der Waals surface area contributed by atoms with Crippen molar-refractivity contribution in [3.63, 3.8) is 0 Å². The van der Waals surface area contributed by atoms with Gasteiger partial charge < -0.3 is 27.9 Å². The van der Waals surface area contributed by atoms with Crippen molar-refractivity contribution in [2.75, 3.05) is 47.5 Å². The second-order valence-electron chi connectivity index (χ2n) is 27.0. The molecule has 0 aromatic carbocycles. The van der Waals surface area contributed by atoms with E-state index in [0.717, 1.165) is 77.0 Å². The Hall–Kier alpha value is -2.81. The quantitative estimate of drug-likeness (QED) is 0.0195. The summed E-state index contributed by atoms with van der Waals surface area (Å²) in [5.41, 5.74) is 0. The van der Waals surface area contributed by atoms with Crippen LogP contribution in [0, 0.1) is 0 Å². The molecule has 0 rings (SSSR count). The van der Waals surface area contributed by atoms with E-state index in [1.165, 1.54) is 250 Å². The van der Waals surface area contributed by atoms with E-state index in [1.807, 2.05) is 21.1 Å². The molecule has 0 amide bonds. The Kier molecular flexibility index (Phi) is 68.3. The van der Waals surface area contributed by atoms with Gasteiger partial charge in [0.1, 0.15) is 19.8 Å². The molecular weight excluding hydrogens is 1130 g/mol. The first kappa shape index (κ1) is 87.2. The highest BCUT2D eigenvalue weighted by atomic mass is 31.2. The van der Waals surface area contributed by atoms with Crippen molar-refractivity contribution in [2.24, 2.45) is 0 Å². The number of carbonyl (C=O) groups is 2. The van der Waals surface area contributed by atoms with Crippen LogP contribution in [0.5, 0.6) is 0 Å². The van der Waals surface area contributed by atoms with Gasteiger partial charge in [-0.2, -0.15) is 0 Å². The molecule has 2 atom stereocenters. The molecule has 0 aliphatic rings. The number of hydrogen-bond donors (Lipinski definition) is 0. The predicted molar refractivity (Wildman–Crippen MR) is 388 cm³/mol. The molecule has 0 bridgehead atoms. The first-order valence-electron chi connectivity index (χ1n) is 38.3. The molecule has 0 aromatic rings. The summed E-state index contributed by atoms with van der Waals surface area (Å²) in [7, 11) is 1.18. The molecule has 10 heteroatoms. The molecule has 0 radical (unpaired) electrons. The second-order valence-corrected chi connectivity index (χ2v) is 28.4. The van der Waals surface area contributed by atoms with E-state index in [-0.39, 0.29) is 32.0 Å². The van der Waals surface area contributed by atoms with Crippen LogP contribution in [0.25, 0.3) is 0 Å². The number of rotatable bonds is 71. The lowest BCUT2D eigenvalue weighted by Gasteiger charge is -2.28. The number of unbranched alkanes of at least 4 members (excludes halogenated alkanes) is 43. The number of ether oxygens (including phenoxy) is 2. The summed E-state index contributed by atoms with van der Waals surface area (Å²) in [5.74, 6) is -0.819. The van der Waals surface area contributed by atoms with Gasteiger partial charge in [-0.25, -0.2) is 0 Å². The van der Waals surface area contributed by atoms with E-state index in [9.17, 15) is 19.0 Å². The molecule has 0 saturated heterocycles. The Morgan fingerprint density at radius 1 is 0.356 bits per heavy atom. The van der Waals surface area contributed by atoms with Crippen molar-refractivity contribution in [1.82, 2.24) is 0 Å². The molecule has 0 aliphatic heterocycles. The van der Waals surface area contributed by atoms with Gasteiger partial charge in [-0.1, -0.05) is 343 Å². The number of likely N-dealkylation sites (N-methyl/N-ethyl adjacent to an activating group) is 1. The van der Waals surface area contributed by atoms with Crippen molar-refractivity contribution in [1.29, 1.82) is 0 Å². The van der Waals surface area contributed by atoms with Crippen molar-refractivity contribution in [2.45, 2.75) is 367 Å². The van der Waals surface area contributed by atoms with E-state index in [2.05, 4.69) is 98.9 Å². The van der Waals surface area contributed by atoms with Gasteiger partial charge in [0.15, 0.2) is 6.10 Å². The molecule has 0 aromatic heterocycles. The van der Waals surface area contributed by atoms with Crippen molar-refractivity contribution in [3.8, 4) is 0 Å². The van der Waals surface area contributed by atoms with Crippen LogP contribution in [-0.2, 0) is 32.7 Å². The molecule has 0 aliphatic carbocycles. The summed E-state index contributed by atoms with van der Waals surface area (Å²) in [6.45, 7) is 4.16. The minimum absolute atomic E-state index is 0.0312. The van der Waals surface area contributed by atoms with Crippen molar-refractivity contribution >= 4 is 19.8 Å². The van der Waals surface area contributed by atoms with E-state index in [1.54, 1.807) is 0 Å². The van der Waals surface area contributed by atoms with Gasteiger partial charge in [-0.15, -0.1) is 0 Å². The Morgan fingerprint density at radius 2 is 0.633 bits per heavy atom. The smallest absolute Gasteiger partial charge is 0.306 e. The van der Waals surface area contributed by atoms with Crippen LogP contribution in [-0.4, -0.2) is 70.0 Å². The van der Waals surface area contributed by atoms with Gasteiger partial charge in [0.05, 0.1) is 27.7 Å². The molecule has 2 unspecified atom stereocenters. The molecule has 9 nitrogen and oxygen atoms in total. The fourth-order valence-electron chi connectivity index (χ4n) is 11.1. The zero-order valence-corrected chi connectivity index (χ0v) is 60.7. The summed E-state index contributed by atoms with van der Waals surface area (Å²) in [5, 5.41) is 0. The van der Waals surface area contributed by atoms with Crippen LogP contribution in [0.2, 0.25) is 0 Å². The van der Waals surface area contributed by atoms with Gasteiger partial charge in [-0.3, -0.25) is 14.2 Å². The number of quaternary nitrogens is 1. The van der Waals surface area contributed by atoms with E-state index in [4.69, 9.17) is 18.5 Å². The molecule has 0 spiro atoms. The van der Waals surface area contributed by atoms with Crippen LogP contribution in [0.3, 0.4) is 0 Å². The highest BCUT2D eigenvalue weighted by molar-refractivity contribution is 7.45. The third kappa shape index (κ3) is 74.2. The fourth-order valence-corrected chi connectivity index (χ4v) is 11.8. The molecule has 90 heavy (non-hydrogen) atoms. The summed E-state index contributed by atoms with van der Waals surface area (Å²) in [6.07, 6.45) is 96.9. The van der Waals surface area contributed by atoms with E-state index < -0.39 is 26.5 Å². The molecule has 0 heterocycles. The lowest BCUT2D eigenvalue weighted by Crippen LogP contribution is -2.37.